The second kappa shape index (κ2) is 7.81. The number of carbonyl (C=O) groups excluding carboxylic acids is 2. The van der Waals surface area contributed by atoms with Gasteiger partial charge in [-0.25, -0.2) is 4.90 Å². The van der Waals surface area contributed by atoms with Crippen molar-refractivity contribution in [1.82, 2.24) is 4.90 Å². The molecule has 4 rings (SSSR count). The van der Waals surface area contributed by atoms with Crippen molar-refractivity contribution < 1.29 is 14.3 Å². The number of hydrogen-bond acceptors (Lipinski definition) is 5. The highest BCUT2D eigenvalue weighted by Crippen LogP contribution is 2.39. The van der Waals surface area contributed by atoms with Crippen molar-refractivity contribution >= 4 is 29.3 Å². The summed E-state index contributed by atoms with van der Waals surface area (Å²) in [5.41, 5.74) is 3.16. The summed E-state index contributed by atoms with van der Waals surface area (Å²) in [6.45, 7) is 6.26. The van der Waals surface area contributed by atoms with Crippen LogP contribution in [0, 0.1) is 13.8 Å². The summed E-state index contributed by atoms with van der Waals surface area (Å²) in [5, 5.41) is 0. The second-order valence-electron chi connectivity index (χ2n) is 6.98. The molecule has 0 radical (unpaired) electrons. The number of imide groups is 1. The summed E-state index contributed by atoms with van der Waals surface area (Å²) in [7, 11) is 0. The van der Waals surface area contributed by atoms with Crippen LogP contribution in [0.4, 0.5) is 5.69 Å². The molecule has 0 atom stereocenters. The van der Waals surface area contributed by atoms with Crippen LogP contribution in [0.3, 0.4) is 0 Å². The number of nitrogens with zero attached hydrogens (tertiary/aromatic N) is 2. The minimum atomic E-state index is -0.259. The first-order chi connectivity index (χ1) is 13.5. The second-order valence-corrected chi connectivity index (χ2v) is 8.07. The molecule has 2 aliphatic heterocycles. The number of ether oxygens (including phenoxy) is 1. The molecule has 0 aliphatic carbocycles. The molecule has 0 bridgehead atoms. The summed E-state index contributed by atoms with van der Waals surface area (Å²) in [6, 6.07) is 15.5. The highest BCUT2D eigenvalue weighted by molar-refractivity contribution is 8.04. The van der Waals surface area contributed by atoms with Gasteiger partial charge in [0.15, 0.2) is 0 Å². The number of carbonyl (C=O) groups is 2. The molecule has 0 N–H and O–H groups in total. The summed E-state index contributed by atoms with van der Waals surface area (Å²) in [5.74, 6) is -0.513. The molecule has 0 aromatic heterocycles. The molecular formula is C22H22N2O3S. The average Bonchev–Trinajstić information content (AvgIpc) is 2.92. The van der Waals surface area contributed by atoms with Crippen LogP contribution < -0.4 is 4.90 Å². The molecule has 1 fully saturated rings. The molecule has 2 aromatic rings. The van der Waals surface area contributed by atoms with Gasteiger partial charge in [0.25, 0.3) is 11.8 Å². The van der Waals surface area contributed by atoms with Gasteiger partial charge in [-0.05, 0) is 49.2 Å². The maximum absolute atomic E-state index is 13.4. The zero-order valence-corrected chi connectivity index (χ0v) is 16.8. The minimum absolute atomic E-state index is 0.254. The van der Waals surface area contributed by atoms with E-state index in [0.29, 0.717) is 42.6 Å². The van der Waals surface area contributed by atoms with E-state index >= 15 is 0 Å². The fourth-order valence-corrected chi connectivity index (χ4v) is 4.60. The van der Waals surface area contributed by atoms with E-state index in [4.69, 9.17) is 4.74 Å². The van der Waals surface area contributed by atoms with Crippen LogP contribution >= 0.6 is 11.8 Å². The number of morpholine rings is 1. The maximum Gasteiger partial charge on any atom is 0.283 e. The monoisotopic (exact) mass is 394 g/mol. The average molecular weight is 394 g/mol. The number of benzene rings is 2. The van der Waals surface area contributed by atoms with Crippen molar-refractivity contribution in [1.29, 1.82) is 0 Å². The van der Waals surface area contributed by atoms with Crippen LogP contribution in [-0.2, 0) is 14.3 Å². The van der Waals surface area contributed by atoms with Crippen LogP contribution in [0.25, 0.3) is 0 Å². The van der Waals surface area contributed by atoms with Crippen molar-refractivity contribution in [3.63, 3.8) is 0 Å². The van der Waals surface area contributed by atoms with Crippen molar-refractivity contribution in [2.75, 3.05) is 31.2 Å². The zero-order chi connectivity index (χ0) is 19.7. The Morgan fingerprint density at radius 1 is 0.893 bits per heavy atom. The Morgan fingerprint density at radius 3 is 2.18 bits per heavy atom. The summed E-state index contributed by atoms with van der Waals surface area (Å²) in [4.78, 5) is 31.5. The lowest BCUT2D eigenvalue weighted by molar-refractivity contribution is -0.121. The molecular weight excluding hydrogens is 372 g/mol. The van der Waals surface area contributed by atoms with Crippen molar-refractivity contribution in [2.45, 2.75) is 18.7 Å². The number of hydrogen-bond donors (Lipinski definition) is 0. The third-order valence-corrected chi connectivity index (χ3v) is 5.85. The maximum atomic E-state index is 13.4. The van der Waals surface area contributed by atoms with E-state index in [9.17, 15) is 9.59 Å². The Labute approximate surface area is 169 Å². The predicted octanol–water partition coefficient (Wildman–Crippen LogP) is 3.51. The zero-order valence-electron chi connectivity index (χ0n) is 16.0. The van der Waals surface area contributed by atoms with Gasteiger partial charge in [0.2, 0.25) is 0 Å². The Morgan fingerprint density at radius 2 is 1.54 bits per heavy atom. The number of aryl methyl sites for hydroxylation is 2. The molecule has 144 valence electrons. The fourth-order valence-electron chi connectivity index (χ4n) is 3.58. The number of amides is 2. The van der Waals surface area contributed by atoms with Gasteiger partial charge in [0.05, 0.1) is 18.9 Å². The molecule has 0 saturated carbocycles. The lowest BCUT2D eigenvalue weighted by Crippen LogP contribution is -2.40. The van der Waals surface area contributed by atoms with Gasteiger partial charge >= 0.3 is 0 Å². The van der Waals surface area contributed by atoms with E-state index in [1.165, 1.54) is 16.7 Å². The van der Waals surface area contributed by atoms with E-state index in [0.717, 1.165) is 16.0 Å². The first kappa shape index (κ1) is 18.8. The highest BCUT2D eigenvalue weighted by atomic mass is 32.2. The molecule has 5 nitrogen and oxygen atoms in total. The highest BCUT2D eigenvalue weighted by Gasteiger charge is 2.42. The Kier molecular flexibility index (Phi) is 5.24. The van der Waals surface area contributed by atoms with Gasteiger partial charge in [0, 0.05) is 18.0 Å². The topological polar surface area (TPSA) is 49.9 Å². The van der Waals surface area contributed by atoms with Gasteiger partial charge in [-0.15, -0.1) is 0 Å². The lowest BCUT2D eigenvalue weighted by atomic mass is 10.1. The number of rotatable bonds is 4. The normalized spacial score (nSPS) is 17.6. The summed E-state index contributed by atoms with van der Waals surface area (Å²) in [6.07, 6.45) is 0. The third kappa shape index (κ3) is 3.57. The van der Waals surface area contributed by atoms with E-state index in [-0.39, 0.29) is 11.8 Å². The smallest absolute Gasteiger partial charge is 0.283 e. The van der Waals surface area contributed by atoms with Gasteiger partial charge in [-0.1, -0.05) is 36.0 Å². The van der Waals surface area contributed by atoms with E-state index < -0.39 is 0 Å². The molecule has 6 heteroatoms. The Bertz CT molecular complexity index is 929. The molecule has 2 heterocycles. The van der Waals surface area contributed by atoms with Gasteiger partial charge in [-0.3, -0.25) is 9.59 Å². The van der Waals surface area contributed by atoms with Gasteiger partial charge in [0.1, 0.15) is 10.6 Å². The quantitative estimate of drug-likeness (QED) is 0.743. The van der Waals surface area contributed by atoms with Crippen LogP contribution in [-0.4, -0.2) is 43.0 Å². The standard InChI is InChI=1S/C22H22N2O3S/c1-15-12-16(2)14-17(13-15)24-21(25)19(23-8-10-27-11-9-23)20(22(24)26)28-18-6-4-3-5-7-18/h3-7,12-14H,8-11H2,1-2H3. The fraction of sp³-hybridized carbons (Fsp3) is 0.273. The van der Waals surface area contributed by atoms with E-state index in [1.54, 1.807) is 0 Å². The molecule has 2 aromatic carbocycles. The van der Waals surface area contributed by atoms with Crippen LogP contribution in [0.5, 0.6) is 0 Å². The van der Waals surface area contributed by atoms with E-state index in [2.05, 4.69) is 0 Å². The predicted molar refractivity (Wildman–Crippen MR) is 110 cm³/mol. The molecule has 0 spiro atoms. The summed E-state index contributed by atoms with van der Waals surface area (Å²) < 4.78 is 5.44. The summed E-state index contributed by atoms with van der Waals surface area (Å²) >= 11 is 1.36. The van der Waals surface area contributed by atoms with Crippen molar-refractivity contribution in [3.05, 3.63) is 70.3 Å². The SMILES string of the molecule is Cc1cc(C)cc(N2C(=O)C(Sc3ccccc3)=C(N3CCOCC3)C2=O)c1. The third-order valence-electron chi connectivity index (χ3n) is 4.77. The number of thioether (sulfide) groups is 1. The molecule has 0 unspecified atom stereocenters. The minimum Gasteiger partial charge on any atom is -0.378 e. The molecule has 1 saturated heterocycles. The molecule has 2 aliphatic rings. The first-order valence-electron chi connectivity index (χ1n) is 9.31. The van der Waals surface area contributed by atoms with Crippen LogP contribution in [0.2, 0.25) is 0 Å². The van der Waals surface area contributed by atoms with Gasteiger partial charge in [-0.2, -0.15) is 0 Å². The van der Waals surface area contributed by atoms with Crippen LogP contribution in [0.15, 0.2) is 64.0 Å². The Balaban J connectivity index is 1.76. The number of anilines is 1. The Hall–Kier alpha value is -2.57. The van der Waals surface area contributed by atoms with Crippen molar-refractivity contribution in [3.8, 4) is 0 Å². The van der Waals surface area contributed by atoms with Crippen molar-refractivity contribution in [2.24, 2.45) is 0 Å². The molecule has 28 heavy (non-hydrogen) atoms. The largest absolute Gasteiger partial charge is 0.378 e. The van der Waals surface area contributed by atoms with Gasteiger partial charge < -0.3 is 9.64 Å². The van der Waals surface area contributed by atoms with Crippen LogP contribution in [0.1, 0.15) is 11.1 Å². The first-order valence-corrected chi connectivity index (χ1v) is 10.1. The molecule has 2 amide bonds. The van der Waals surface area contributed by atoms with E-state index in [1.807, 2.05) is 67.3 Å². The lowest BCUT2D eigenvalue weighted by Gasteiger charge is -2.29.